The average molecular weight is 355 g/mol. The third-order valence-electron chi connectivity index (χ3n) is 4.20. The Bertz CT molecular complexity index is 718. The van der Waals surface area contributed by atoms with Gasteiger partial charge in [0.05, 0.1) is 13.2 Å². The second kappa shape index (κ2) is 9.85. The molecular formula is C22H29NO3. The zero-order valence-electron chi connectivity index (χ0n) is 16.2. The first-order chi connectivity index (χ1) is 12.6. The summed E-state index contributed by atoms with van der Waals surface area (Å²) in [5.41, 5.74) is 3.77. The molecule has 0 atom stereocenters. The van der Waals surface area contributed by atoms with E-state index in [-0.39, 0.29) is 5.91 Å². The van der Waals surface area contributed by atoms with Gasteiger partial charge in [0.1, 0.15) is 0 Å². The van der Waals surface area contributed by atoms with Gasteiger partial charge in [-0.15, -0.1) is 0 Å². The Hall–Kier alpha value is -2.49. The quantitative estimate of drug-likeness (QED) is 0.668. The number of aryl methyl sites for hydroxylation is 2. The molecule has 0 heterocycles. The van der Waals surface area contributed by atoms with Crippen LogP contribution >= 0.6 is 0 Å². The summed E-state index contributed by atoms with van der Waals surface area (Å²) >= 11 is 0. The van der Waals surface area contributed by atoms with Gasteiger partial charge in [-0.05, 0) is 55.5 Å². The molecule has 1 amide bonds. The Balaban J connectivity index is 2.28. The summed E-state index contributed by atoms with van der Waals surface area (Å²) in [6.07, 6.45) is 2.66. The molecule has 26 heavy (non-hydrogen) atoms. The molecular weight excluding hydrogens is 326 g/mol. The summed E-state index contributed by atoms with van der Waals surface area (Å²) in [7, 11) is 0. The summed E-state index contributed by atoms with van der Waals surface area (Å²) in [6, 6.07) is 11.5. The monoisotopic (exact) mass is 355 g/mol. The minimum absolute atomic E-state index is 0.136. The van der Waals surface area contributed by atoms with Crippen LogP contribution in [-0.4, -0.2) is 19.1 Å². The highest BCUT2D eigenvalue weighted by Crippen LogP contribution is 2.30. The van der Waals surface area contributed by atoms with Crippen molar-refractivity contribution in [3.8, 4) is 11.5 Å². The number of hydrogen-bond acceptors (Lipinski definition) is 3. The van der Waals surface area contributed by atoms with Crippen LogP contribution in [0.3, 0.4) is 0 Å². The summed E-state index contributed by atoms with van der Waals surface area (Å²) in [5, 5.41) is 3.09. The first-order valence-electron chi connectivity index (χ1n) is 9.46. The molecule has 0 saturated carbocycles. The lowest BCUT2D eigenvalue weighted by Crippen LogP contribution is -2.15. The van der Waals surface area contributed by atoms with Crippen LogP contribution in [0.15, 0.2) is 36.4 Å². The van der Waals surface area contributed by atoms with Crippen LogP contribution in [0.5, 0.6) is 11.5 Å². The lowest BCUT2D eigenvalue weighted by molar-refractivity contribution is 0.102. The van der Waals surface area contributed by atoms with Gasteiger partial charge in [0, 0.05) is 11.3 Å². The minimum Gasteiger partial charge on any atom is -0.490 e. The molecule has 0 bridgehead atoms. The van der Waals surface area contributed by atoms with Crippen molar-refractivity contribution in [1.82, 2.24) is 0 Å². The van der Waals surface area contributed by atoms with Gasteiger partial charge >= 0.3 is 0 Å². The summed E-state index contributed by atoms with van der Waals surface area (Å²) in [5.74, 6) is 1.14. The second-order valence-corrected chi connectivity index (χ2v) is 6.06. The van der Waals surface area contributed by atoms with Crippen LogP contribution in [0, 0.1) is 0 Å². The Labute approximate surface area is 156 Å². The van der Waals surface area contributed by atoms with Gasteiger partial charge in [0.25, 0.3) is 5.91 Å². The SMILES string of the molecule is CCCOc1ccc(C(=O)Nc2c(CC)cccc2CC)cc1OCC. The third kappa shape index (κ3) is 4.78. The number of ether oxygens (including phenoxy) is 2. The Morgan fingerprint density at radius 3 is 2.19 bits per heavy atom. The number of rotatable bonds is 9. The Morgan fingerprint density at radius 2 is 1.62 bits per heavy atom. The second-order valence-electron chi connectivity index (χ2n) is 6.06. The number of carbonyl (C=O) groups excluding carboxylic acids is 1. The first-order valence-corrected chi connectivity index (χ1v) is 9.46. The normalized spacial score (nSPS) is 10.5. The lowest BCUT2D eigenvalue weighted by Gasteiger charge is -2.16. The maximum absolute atomic E-state index is 12.8. The van der Waals surface area contributed by atoms with Gasteiger partial charge in [-0.3, -0.25) is 4.79 Å². The van der Waals surface area contributed by atoms with Crippen LogP contribution in [0.4, 0.5) is 5.69 Å². The van der Waals surface area contributed by atoms with E-state index in [0.717, 1.165) is 36.1 Å². The molecule has 0 saturated heterocycles. The van der Waals surface area contributed by atoms with Gasteiger partial charge < -0.3 is 14.8 Å². The van der Waals surface area contributed by atoms with Gasteiger partial charge in [-0.2, -0.15) is 0 Å². The fourth-order valence-electron chi connectivity index (χ4n) is 2.84. The summed E-state index contributed by atoms with van der Waals surface area (Å²) in [4.78, 5) is 12.8. The summed E-state index contributed by atoms with van der Waals surface area (Å²) < 4.78 is 11.4. The number of benzene rings is 2. The predicted molar refractivity (Wildman–Crippen MR) is 107 cm³/mol. The molecule has 0 unspecified atom stereocenters. The van der Waals surface area contributed by atoms with Crippen LogP contribution in [-0.2, 0) is 12.8 Å². The van der Waals surface area contributed by atoms with Crippen molar-refractivity contribution in [3.05, 3.63) is 53.1 Å². The molecule has 0 radical (unpaired) electrons. The Kier molecular flexibility index (Phi) is 7.52. The third-order valence-corrected chi connectivity index (χ3v) is 4.20. The van der Waals surface area contributed by atoms with Crippen molar-refractivity contribution in [3.63, 3.8) is 0 Å². The largest absolute Gasteiger partial charge is 0.490 e. The topological polar surface area (TPSA) is 47.6 Å². The van der Waals surface area contributed by atoms with Gasteiger partial charge in [0.2, 0.25) is 0 Å². The van der Waals surface area contributed by atoms with Gasteiger partial charge in [0.15, 0.2) is 11.5 Å². The van der Waals surface area contributed by atoms with E-state index in [1.165, 1.54) is 0 Å². The molecule has 0 fully saturated rings. The Morgan fingerprint density at radius 1 is 0.923 bits per heavy atom. The van der Waals surface area contributed by atoms with E-state index in [9.17, 15) is 4.79 Å². The van der Waals surface area contributed by atoms with Crippen LogP contribution in [0.1, 0.15) is 55.6 Å². The maximum atomic E-state index is 12.8. The van der Waals surface area contributed by atoms with Crippen molar-refractivity contribution in [1.29, 1.82) is 0 Å². The van der Waals surface area contributed by atoms with Crippen molar-refractivity contribution >= 4 is 11.6 Å². The molecule has 0 aromatic heterocycles. The molecule has 4 heteroatoms. The predicted octanol–water partition coefficient (Wildman–Crippen LogP) is 5.25. The highest BCUT2D eigenvalue weighted by atomic mass is 16.5. The van der Waals surface area contributed by atoms with E-state index >= 15 is 0 Å². The zero-order chi connectivity index (χ0) is 18.9. The first kappa shape index (κ1) is 19.8. The number of amides is 1. The molecule has 140 valence electrons. The highest BCUT2D eigenvalue weighted by Gasteiger charge is 2.14. The molecule has 2 rings (SSSR count). The minimum atomic E-state index is -0.136. The molecule has 0 aliphatic carbocycles. The molecule has 0 aliphatic rings. The molecule has 0 spiro atoms. The number of anilines is 1. The van der Waals surface area contributed by atoms with Crippen molar-refractivity contribution < 1.29 is 14.3 Å². The van der Waals surface area contributed by atoms with Crippen molar-refractivity contribution in [2.45, 2.75) is 47.0 Å². The standard InChI is InChI=1S/C22H29NO3/c1-5-14-26-19-13-12-18(15-20(19)25-8-4)22(24)23-21-16(6-2)10-9-11-17(21)7-3/h9-13,15H,5-8,14H2,1-4H3,(H,23,24). The zero-order valence-corrected chi connectivity index (χ0v) is 16.2. The van der Waals surface area contributed by atoms with E-state index in [2.05, 4.69) is 38.2 Å². The molecule has 2 aromatic rings. The summed E-state index contributed by atoms with van der Waals surface area (Å²) in [6.45, 7) is 9.30. The molecule has 1 N–H and O–H groups in total. The van der Waals surface area contributed by atoms with Crippen LogP contribution < -0.4 is 14.8 Å². The van der Waals surface area contributed by atoms with E-state index in [4.69, 9.17) is 9.47 Å². The average Bonchev–Trinajstić information content (AvgIpc) is 2.67. The number of carbonyl (C=O) groups is 1. The van der Waals surface area contributed by atoms with Crippen molar-refractivity contribution in [2.75, 3.05) is 18.5 Å². The van der Waals surface area contributed by atoms with Crippen molar-refractivity contribution in [2.24, 2.45) is 0 Å². The maximum Gasteiger partial charge on any atom is 0.255 e. The van der Waals surface area contributed by atoms with Crippen LogP contribution in [0.25, 0.3) is 0 Å². The number of hydrogen-bond donors (Lipinski definition) is 1. The van der Waals surface area contributed by atoms with E-state index < -0.39 is 0 Å². The lowest BCUT2D eigenvalue weighted by atomic mass is 10.0. The molecule has 4 nitrogen and oxygen atoms in total. The number of para-hydroxylation sites is 1. The highest BCUT2D eigenvalue weighted by molar-refractivity contribution is 6.05. The van der Waals surface area contributed by atoms with Gasteiger partial charge in [-0.25, -0.2) is 0 Å². The van der Waals surface area contributed by atoms with Gasteiger partial charge in [-0.1, -0.05) is 39.0 Å². The fourth-order valence-corrected chi connectivity index (χ4v) is 2.84. The van der Waals surface area contributed by atoms with Crippen LogP contribution in [0.2, 0.25) is 0 Å². The van der Waals surface area contributed by atoms with E-state index in [1.54, 1.807) is 12.1 Å². The molecule has 2 aromatic carbocycles. The fraction of sp³-hybridized carbons (Fsp3) is 0.409. The number of nitrogens with one attached hydrogen (secondary N) is 1. The van der Waals surface area contributed by atoms with E-state index in [1.807, 2.05) is 19.1 Å². The molecule has 0 aliphatic heterocycles. The van der Waals surface area contributed by atoms with E-state index in [0.29, 0.717) is 30.3 Å². The smallest absolute Gasteiger partial charge is 0.255 e.